The molecule has 0 spiro atoms. The Morgan fingerprint density at radius 3 is 2.30 bits per heavy atom. The number of amides is 3. The summed E-state index contributed by atoms with van der Waals surface area (Å²) < 4.78 is 38.7. The van der Waals surface area contributed by atoms with Crippen molar-refractivity contribution < 1.29 is 27.6 Å². The van der Waals surface area contributed by atoms with Gasteiger partial charge in [0.1, 0.15) is 0 Å². The van der Waals surface area contributed by atoms with Gasteiger partial charge in [0.2, 0.25) is 17.7 Å². The smallest absolute Gasteiger partial charge is 0.343 e. The molecule has 0 aromatic heterocycles. The molecular formula is C21H24F3N3O3. The summed E-state index contributed by atoms with van der Waals surface area (Å²) in [4.78, 5) is 42.1. The Labute approximate surface area is 172 Å². The van der Waals surface area contributed by atoms with Crippen LogP contribution in [0.25, 0.3) is 0 Å². The van der Waals surface area contributed by atoms with Gasteiger partial charge in [-0.25, -0.2) is 0 Å². The number of likely N-dealkylation sites (tertiary alicyclic amines) is 3. The number of rotatable bonds is 6. The molecule has 0 aliphatic carbocycles. The third kappa shape index (κ3) is 4.08. The average Bonchev–Trinajstić information content (AvgIpc) is 3.35. The molecule has 1 aromatic carbocycles. The predicted molar refractivity (Wildman–Crippen MR) is 101 cm³/mol. The highest BCUT2D eigenvalue weighted by molar-refractivity contribution is 6.05. The maximum Gasteiger partial charge on any atom is 0.416 e. The fraction of sp³-hybridized carbons (Fsp3) is 0.571. The fourth-order valence-corrected chi connectivity index (χ4v) is 4.71. The molecule has 6 nitrogen and oxygen atoms in total. The van der Waals surface area contributed by atoms with Crippen LogP contribution in [0.3, 0.4) is 0 Å². The van der Waals surface area contributed by atoms with E-state index in [1.54, 1.807) is 11.0 Å². The molecule has 3 heterocycles. The molecule has 0 bridgehead atoms. The summed E-state index contributed by atoms with van der Waals surface area (Å²) in [6, 6.07) is 5.14. The molecule has 3 fully saturated rings. The van der Waals surface area contributed by atoms with Crippen molar-refractivity contribution in [3.05, 3.63) is 35.4 Å². The molecule has 9 heteroatoms. The number of hydrogen-bond acceptors (Lipinski definition) is 4. The molecule has 1 aromatic rings. The number of nitrogens with zero attached hydrogens (tertiary/aromatic N) is 3. The third-order valence-electron chi connectivity index (χ3n) is 6.20. The second-order valence-electron chi connectivity index (χ2n) is 8.27. The van der Waals surface area contributed by atoms with E-state index in [0.717, 1.165) is 25.1 Å². The summed E-state index contributed by atoms with van der Waals surface area (Å²) in [5.41, 5.74) is -0.189. The topological polar surface area (TPSA) is 60.9 Å². The van der Waals surface area contributed by atoms with Crippen molar-refractivity contribution in [3.8, 4) is 0 Å². The lowest BCUT2D eigenvalue weighted by Gasteiger charge is -2.22. The maximum atomic E-state index is 12.9. The second-order valence-corrected chi connectivity index (χ2v) is 8.27. The number of carbonyl (C=O) groups is 3. The van der Waals surface area contributed by atoms with Crippen molar-refractivity contribution >= 4 is 17.7 Å². The van der Waals surface area contributed by atoms with Gasteiger partial charge in [0, 0.05) is 45.7 Å². The first-order chi connectivity index (χ1) is 14.2. The molecule has 0 saturated carbocycles. The maximum absolute atomic E-state index is 12.9. The van der Waals surface area contributed by atoms with E-state index in [0.29, 0.717) is 44.6 Å². The molecular weight excluding hydrogens is 399 g/mol. The number of carbonyl (C=O) groups excluding carboxylic acids is 3. The van der Waals surface area contributed by atoms with Gasteiger partial charge in [-0.2, -0.15) is 13.2 Å². The van der Waals surface area contributed by atoms with Gasteiger partial charge in [0.15, 0.2) is 0 Å². The van der Waals surface area contributed by atoms with Crippen LogP contribution in [-0.4, -0.2) is 65.1 Å². The number of alkyl halides is 3. The lowest BCUT2D eigenvalue weighted by atomic mass is 10.00. The molecule has 4 rings (SSSR count). The highest BCUT2D eigenvalue weighted by atomic mass is 19.4. The summed E-state index contributed by atoms with van der Waals surface area (Å²) in [7, 11) is 0. The van der Waals surface area contributed by atoms with Crippen LogP contribution in [0, 0.1) is 11.8 Å². The van der Waals surface area contributed by atoms with Crippen molar-refractivity contribution in [2.45, 2.75) is 32.0 Å². The van der Waals surface area contributed by atoms with Gasteiger partial charge >= 0.3 is 6.18 Å². The number of benzene rings is 1. The monoisotopic (exact) mass is 423 g/mol. The summed E-state index contributed by atoms with van der Waals surface area (Å²) in [6.07, 6.45) is -2.42. The van der Waals surface area contributed by atoms with Crippen molar-refractivity contribution in [3.63, 3.8) is 0 Å². The minimum absolute atomic E-state index is 0.121. The van der Waals surface area contributed by atoms with Crippen LogP contribution in [0.4, 0.5) is 13.2 Å². The molecule has 2 atom stereocenters. The summed E-state index contributed by atoms with van der Waals surface area (Å²) in [5, 5.41) is 0. The van der Waals surface area contributed by atoms with Crippen molar-refractivity contribution in [1.82, 2.24) is 14.7 Å². The van der Waals surface area contributed by atoms with E-state index in [1.165, 1.54) is 11.0 Å². The molecule has 0 N–H and O–H groups in total. The van der Waals surface area contributed by atoms with Gasteiger partial charge in [-0.1, -0.05) is 18.2 Å². The molecule has 30 heavy (non-hydrogen) atoms. The first kappa shape index (κ1) is 20.8. The SMILES string of the molecule is O=C1CCCN1CCCN1C(=O)[C@H]2CN(Cc3cccc(C(F)(F)F)c3)C[C@H]2C1=O. The minimum Gasteiger partial charge on any atom is -0.343 e. The van der Waals surface area contributed by atoms with E-state index in [4.69, 9.17) is 0 Å². The Balaban J connectivity index is 1.32. The van der Waals surface area contributed by atoms with Crippen molar-refractivity contribution in [2.75, 3.05) is 32.7 Å². The van der Waals surface area contributed by atoms with E-state index in [2.05, 4.69) is 0 Å². The number of halogens is 3. The van der Waals surface area contributed by atoms with E-state index in [-0.39, 0.29) is 24.3 Å². The second kappa shape index (κ2) is 8.02. The minimum atomic E-state index is -4.40. The van der Waals surface area contributed by atoms with Gasteiger partial charge in [0.25, 0.3) is 0 Å². The molecule has 3 aliphatic heterocycles. The first-order valence-electron chi connectivity index (χ1n) is 10.3. The van der Waals surface area contributed by atoms with Crippen LogP contribution in [0.2, 0.25) is 0 Å². The Bertz CT molecular complexity index is 833. The van der Waals surface area contributed by atoms with Gasteiger partial charge < -0.3 is 4.90 Å². The van der Waals surface area contributed by atoms with Gasteiger partial charge in [-0.05, 0) is 24.5 Å². The standard InChI is InChI=1S/C21H24F3N3O3/c22-21(23,24)15-5-1-4-14(10-15)11-25-12-16-17(13-25)20(30)27(19(16)29)9-3-8-26-7-2-6-18(26)28/h1,4-5,10,16-17H,2-3,6-9,11-13H2/t16-,17+. The Hall–Kier alpha value is -2.42. The Morgan fingerprint density at radius 1 is 1.00 bits per heavy atom. The fourth-order valence-electron chi connectivity index (χ4n) is 4.71. The Kier molecular flexibility index (Phi) is 5.57. The highest BCUT2D eigenvalue weighted by Gasteiger charge is 2.51. The van der Waals surface area contributed by atoms with Gasteiger partial charge in [0.05, 0.1) is 17.4 Å². The zero-order valence-electron chi connectivity index (χ0n) is 16.5. The quantitative estimate of drug-likeness (QED) is 0.658. The van der Waals surface area contributed by atoms with E-state index >= 15 is 0 Å². The van der Waals surface area contributed by atoms with Crippen LogP contribution in [0.1, 0.15) is 30.4 Å². The Morgan fingerprint density at radius 2 is 1.70 bits per heavy atom. The summed E-state index contributed by atoms with van der Waals surface area (Å²) >= 11 is 0. The van der Waals surface area contributed by atoms with E-state index in [1.807, 2.05) is 4.90 Å². The van der Waals surface area contributed by atoms with E-state index in [9.17, 15) is 27.6 Å². The average molecular weight is 423 g/mol. The third-order valence-corrected chi connectivity index (χ3v) is 6.20. The van der Waals surface area contributed by atoms with Crippen LogP contribution in [-0.2, 0) is 27.1 Å². The number of imide groups is 1. The molecule has 3 aliphatic rings. The first-order valence-corrected chi connectivity index (χ1v) is 10.3. The molecule has 0 radical (unpaired) electrons. The molecule has 162 valence electrons. The van der Waals surface area contributed by atoms with Crippen LogP contribution >= 0.6 is 0 Å². The highest BCUT2D eigenvalue weighted by Crippen LogP contribution is 2.35. The molecule has 3 amide bonds. The lowest BCUT2D eigenvalue weighted by Crippen LogP contribution is -2.38. The summed E-state index contributed by atoms with van der Waals surface area (Å²) in [5.74, 6) is -1.15. The van der Waals surface area contributed by atoms with E-state index < -0.39 is 23.6 Å². The number of fused-ring (bicyclic) bond motifs is 1. The zero-order valence-corrected chi connectivity index (χ0v) is 16.5. The van der Waals surface area contributed by atoms with Crippen molar-refractivity contribution in [1.29, 1.82) is 0 Å². The lowest BCUT2D eigenvalue weighted by molar-refractivity contribution is -0.141. The largest absolute Gasteiger partial charge is 0.416 e. The molecule has 0 unspecified atom stereocenters. The predicted octanol–water partition coefficient (Wildman–Crippen LogP) is 2.13. The molecule has 3 saturated heterocycles. The summed E-state index contributed by atoms with van der Waals surface area (Å²) in [6.45, 7) is 2.60. The van der Waals surface area contributed by atoms with Crippen LogP contribution < -0.4 is 0 Å². The zero-order chi connectivity index (χ0) is 21.5. The van der Waals surface area contributed by atoms with Gasteiger partial charge in [-0.3, -0.25) is 24.2 Å². The van der Waals surface area contributed by atoms with Gasteiger partial charge in [-0.15, -0.1) is 0 Å². The van der Waals surface area contributed by atoms with Crippen LogP contribution in [0.15, 0.2) is 24.3 Å². The normalized spacial score (nSPS) is 25.0. The van der Waals surface area contributed by atoms with Crippen molar-refractivity contribution in [2.24, 2.45) is 11.8 Å². The number of hydrogen-bond donors (Lipinski definition) is 0. The van der Waals surface area contributed by atoms with Crippen LogP contribution in [0.5, 0.6) is 0 Å².